The summed E-state index contributed by atoms with van der Waals surface area (Å²) in [6.07, 6.45) is 0. The van der Waals surface area contributed by atoms with Crippen molar-refractivity contribution in [1.82, 2.24) is 0 Å². The van der Waals surface area contributed by atoms with Gasteiger partial charge in [-0.15, -0.1) is 0 Å². The third-order valence-electron chi connectivity index (χ3n) is 3.28. The molecule has 6 nitrogen and oxygen atoms in total. The van der Waals surface area contributed by atoms with E-state index in [-0.39, 0.29) is 11.4 Å². The van der Waals surface area contributed by atoms with E-state index in [2.05, 4.69) is 5.32 Å². The van der Waals surface area contributed by atoms with Crippen LogP contribution in [0.3, 0.4) is 0 Å². The lowest BCUT2D eigenvalue weighted by molar-refractivity contribution is -0.384. The first kappa shape index (κ1) is 17.5. The second-order valence-electron chi connectivity index (χ2n) is 5.96. The van der Waals surface area contributed by atoms with E-state index in [1.807, 2.05) is 13.8 Å². The first-order valence-corrected chi connectivity index (χ1v) is 7.66. The van der Waals surface area contributed by atoms with Crippen LogP contribution in [-0.2, 0) is 0 Å². The minimum absolute atomic E-state index is 0.129. The average molecular weight is 328 g/mol. The fourth-order valence-electron chi connectivity index (χ4n) is 2.08. The number of carbonyl (C=O) groups is 1. The number of hydrogen-bond donors (Lipinski definition) is 1. The number of aryl methyl sites for hydroxylation is 1. The Labute approximate surface area is 140 Å². The van der Waals surface area contributed by atoms with Crippen LogP contribution in [0.25, 0.3) is 0 Å². The number of carbonyl (C=O) groups excluding carboxylic acids is 1. The van der Waals surface area contributed by atoms with E-state index in [0.29, 0.717) is 23.8 Å². The van der Waals surface area contributed by atoms with Crippen molar-refractivity contribution in [3.8, 4) is 5.75 Å². The van der Waals surface area contributed by atoms with Crippen LogP contribution < -0.4 is 10.1 Å². The molecule has 0 unspecified atom stereocenters. The van der Waals surface area contributed by atoms with Crippen LogP contribution in [0.15, 0.2) is 42.5 Å². The van der Waals surface area contributed by atoms with Gasteiger partial charge in [-0.05, 0) is 42.7 Å². The Kier molecular flexibility index (Phi) is 5.52. The van der Waals surface area contributed by atoms with E-state index in [1.54, 1.807) is 37.3 Å². The topological polar surface area (TPSA) is 81.5 Å². The van der Waals surface area contributed by atoms with Gasteiger partial charge in [0.15, 0.2) is 0 Å². The lowest BCUT2D eigenvalue weighted by Crippen LogP contribution is -2.13. The van der Waals surface area contributed by atoms with Gasteiger partial charge in [0.25, 0.3) is 11.6 Å². The van der Waals surface area contributed by atoms with Crippen LogP contribution in [0.2, 0.25) is 0 Å². The Hall–Kier alpha value is -2.89. The van der Waals surface area contributed by atoms with E-state index < -0.39 is 10.8 Å². The van der Waals surface area contributed by atoms with Crippen molar-refractivity contribution in [3.63, 3.8) is 0 Å². The highest BCUT2D eigenvalue weighted by molar-refractivity contribution is 6.05. The fraction of sp³-hybridized carbons (Fsp3) is 0.278. The lowest BCUT2D eigenvalue weighted by atomic mass is 10.1. The number of nitrogens with one attached hydrogen (secondary N) is 1. The van der Waals surface area contributed by atoms with Gasteiger partial charge in [-0.2, -0.15) is 0 Å². The SMILES string of the molecule is Cc1ccc(NC(=O)c2cccc(OCC(C)C)c2)c([N+](=O)[O-])c1. The average Bonchev–Trinajstić information content (AvgIpc) is 2.54. The summed E-state index contributed by atoms with van der Waals surface area (Å²) >= 11 is 0. The van der Waals surface area contributed by atoms with Gasteiger partial charge in [0.05, 0.1) is 11.5 Å². The molecule has 0 radical (unpaired) electrons. The highest BCUT2D eigenvalue weighted by atomic mass is 16.6. The normalized spacial score (nSPS) is 10.5. The predicted molar refractivity (Wildman–Crippen MR) is 92.6 cm³/mol. The second-order valence-corrected chi connectivity index (χ2v) is 5.96. The van der Waals surface area contributed by atoms with Gasteiger partial charge in [0.1, 0.15) is 11.4 Å². The highest BCUT2D eigenvalue weighted by Crippen LogP contribution is 2.26. The number of nitrogens with zero attached hydrogens (tertiary/aromatic N) is 1. The predicted octanol–water partition coefficient (Wildman–Crippen LogP) is 4.19. The molecule has 0 aliphatic heterocycles. The molecule has 1 amide bonds. The van der Waals surface area contributed by atoms with Crippen LogP contribution in [0.4, 0.5) is 11.4 Å². The van der Waals surface area contributed by atoms with Crippen molar-refractivity contribution in [2.24, 2.45) is 5.92 Å². The minimum Gasteiger partial charge on any atom is -0.493 e. The zero-order chi connectivity index (χ0) is 17.7. The number of amides is 1. The largest absolute Gasteiger partial charge is 0.493 e. The monoisotopic (exact) mass is 328 g/mol. The first-order valence-electron chi connectivity index (χ1n) is 7.66. The molecule has 2 rings (SSSR count). The van der Waals surface area contributed by atoms with Gasteiger partial charge in [-0.3, -0.25) is 14.9 Å². The Bertz CT molecular complexity index is 756. The molecule has 0 spiro atoms. The third-order valence-corrected chi connectivity index (χ3v) is 3.28. The van der Waals surface area contributed by atoms with Crippen LogP contribution in [0.5, 0.6) is 5.75 Å². The lowest BCUT2D eigenvalue weighted by Gasteiger charge is -2.10. The van der Waals surface area contributed by atoms with Gasteiger partial charge in [-0.1, -0.05) is 26.0 Å². The number of rotatable bonds is 6. The molecule has 2 aromatic carbocycles. The zero-order valence-corrected chi connectivity index (χ0v) is 13.9. The van der Waals surface area contributed by atoms with E-state index in [9.17, 15) is 14.9 Å². The van der Waals surface area contributed by atoms with Crippen LogP contribution in [-0.4, -0.2) is 17.4 Å². The molecule has 0 saturated carbocycles. The summed E-state index contributed by atoms with van der Waals surface area (Å²) in [4.78, 5) is 23.0. The van der Waals surface area contributed by atoms with Gasteiger partial charge >= 0.3 is 0 Å². The van der Waals surface area contributed by atoms with Crippen LogP contribution >= 0.6 is 0 Å². The second kappa shape index (κ2) is 7.59. The summed E-state index contributed by atoms with van der Waals surface area (Å²) in [5, 5.41) is 13.7. The molecule has 6 heteroatoms. The Balaban J connectivity index is 2.18. The number of nitro benzene ring substituents is 1. The number of hydrogen-bond acceptors (Lipinski definition) is 4. The van der Waals surface area contributed by atoms with Gasteiger partial charge in [0, 0.05) is 11.6 Å². The van der Waals surface area contributed by atoms with Crippen molar-refractivity contribution in [1.29, 1.82) is 0 Å². The summed E-state index contributed by atoms with van der Waals surface area (Å²) in [7, 11) is 0. The van der Waals surface area contributed by atoms with E-state index in [1.165, 1.54) is 12.1 Å². The Morgan fingerprint density at radius 1 is 1.25 bits per heavy atom. The molecule has 0 heterocycles. The Morgan fingerprint density at radius 2 is 2.00 bits per heavy atom. The standard InChI is InChI=1S/C18H20N2O4/c1-12(2)11-24-15-6-4-5-14(10-15)18(21)19-16-8-7-13(3)9-17(16)20(22)23/h4-10,12H,11H2,1-3H3,(H,19,21). The molecule has 24 heavy (non-hydrogen) atoms. The summed E-state index contributed by atoms with van der Waals surface area (Å²) in [5.41, 5.74) is 1.18. The zero-order valence-electron chi connectivity index (χ0n) is 13.9. The summed E-state index contributed by atoms with van der Waals surface area (Å²) in [6, 6.07) is 11.4. The van der Waals surface area contributed by atoms with Crippen molar-refractivity contribution < 1.29 is 14.5 Å². The highest BCUT2D eigenvalue weighted by Gasteiger charge is 2.17. The molecule has 0 saturated heterocycles. The molecule has 2 aromatic rings. The maximum Gasteiger partial charge on any atom is 0.293 e. The fourth-order valence-corrected chi connectivity index (χ4v) is 2.08. The molecule has 1 N–H and O–H groups in total. The first-order chi connectivity index (χ1) is 11.4. The molecular formula is C18H20N2O4. The number of anilines is 1. The van der Waals surface area contributed by atoms with Crippen molar-refractivity contribution in [2.75, 3.05) is 11.9 Å². The van der Waals surface area contributed by atoms with Gasteiger partial charge < -0.3 is 10.1 Å². The van der Waals surface area contributed by atoms with E-state index in [4.69, 9.17) is 4.74 Å². The summed E-state index contributed by atoms with van der Waals surface area (Å²) < 4.78 is 5.60. The number of ether oxygens (including phenoxy) is 1. The number of nitro groups is 1. The summed E-state index contributed by atoms with van der Waals surface area (Å²) in [6.45, 7) is 6.38. The molecule has 0 atom stereocenters. The molecule has 0 aliphatic carbocycles. The van der Waals surface area contributed by atoms with Crippen molar-refractivity contribution in [3.05, 3.63) is 63.7 Å². The van der Waals surface area contributed by atoms with Crippen LogP contribution in [0.1, 0.15) is 29.8 Å². The maximum absolute atomic E-state index is 12.4. The van der Waals surface area contributed by atoms with Crippen molar-refractivity contribution in [2.45, 2.75) is 20.8 Å². The molecular weight excluding hydrogens is 308 g/mol. The molecule has 0 aromatic heterocycles. The van der Waals surface area contributed by atoms with Crippen LogP contribution in [0, 0.1) is 23.0 Å². The Morgan fingerprint density at radius 3 is 2.67 bits per heavy atom. The van der Waals surface area contributed by atoms with Gasteiger partial charge in [-0.25, -0.2) is 0 Å². The molecule has 126 valence electrons. The minimum atomic E-state index is -0.509. The van der Waals surface area contributed by atoms with Gasteiger partial charge in [0.2, 0.25) is 0 Å². The maximum atomic E-state index is 12.4. The molecule has 0 bridgehead atoms. The quantitative estimate of drug-likeness (QED) is 0.637. The van der Waals surface area contributed by atoms with Crippen molar-refractivity contribution >= 4 is 17.3 Å². The summed E-state index contributed by atoms with van der Waals surface area (Å²) in [5.74, 6) is 0.546. The van der Waals surface area contributed by atoms with E-state index in [0.717, 1.165) is 5.56 Å². The molecule has 0 aliphatic rings. The molecule has 0 fully saturated rings. The third kappa shape index (κ3) is 4.55. The smallest absolute Gasteiger partial charge is 0.293 e. The van der Waals surface area contributed by atoms with E-state index >= 15 is 0 Å². The number of benzene rings is 2.